The predicted molar refractivity (Wildman–Crippen MR) is 240 cm³/mol. The Morgan fingerprint density at radius 2 is 1.54 bits per heavy atom. The second-order valence-electron chi connectivity index (χ2n) is 16.3. The largest absolute Gasteiger partial charge is 0.497 e. The average Bonchev–Trinajstić information content (AvgIpc) is 3.79. The van der Waals surface area contributed by atoms with Gasteiger partial charge >= 0.3 is 17.8 Å². The highest BCUT2D eigenvalue weighted by molar-refractivity contribution is 7.44. The number of nitrogens with one attached hydrogen (secondary N) is 3. The Morgan fingerprint density at radius 1 is 0.940 bits per heavy atom. The molecule has 2 amide bonds. The molecule has 6 rings (SSSR count). The maximum Gasteiger partial charge on any atom is 0.471 e. The van der Waals surface area contributed by atoms with E-state index in [-0.39, 0.29) is 43.7 Å². The van der Waals surface area contributed by atoms with Gasteiger partial charge in [-0.05, 0) is 75.1 Å². The Bertz CT molecular complexity index is 2520. The molecule has 5 atom stereocenters. The molecule has 67 heavy (non-hydrogen) atoms. The molecule has 2 aliphatic rings. The van der Waals surface area contributed by atoms with E-state index >= 15 is 0 Å². The van der Waals surface area contributed by atoms with Crippen LogP contribution in [0.1, 0.15) is 69.0 Å². The molecule has 3 heterocycles. The van der Waals surface area contributed by atoms with E-state index in [1.54, 1.807) is 14.2 Å². The molecule has 2 aliphatic heterocycles. The number of fused-ring (bicyclic) bond motifs is 2. The second kappa shape index (κ2) is 21.7. The molecule has 2 saturated heterocycles. The van der Waals surface area contributed by atoms with Crippen LogP contribution in [0.5, 0.6) is 11.5 Å². The van der Waals surface area contributed by atoms with E-state index < -0.39 is 80.3 Å². The van der Waals surface area contributed by atoms with Crippen molar-refractivity contribution in [2.75, 3.05) is 40.5 Å². The average molecular weight is 949 g/mol. The van der Waals surface area contributed by atoms with Gasteiger partial charge in [-0.1, -0.05) is 66.4 Å². The number of nitrogens with zero attached hydrogens (tertiary/aromatic N) is 3. The van der Waals surface area contributed by atoms with E-state index in [0.717, 1.165) is 21.3 Å². The summed E-state index contributed by atoms with van der Waals surface area (Å²) in [5.74, 6) is 3.19. The molecular weight excluding hydrogens is 897 g/mol. The summed E-state index contributed by atoms with van der Waals surface area (Å²) in [7, 11) is 1.26. The molecule has 0 spiro atoms. The highest BCUT2D eigenvalue weighted by atomic mass is 31.2. The minimum absolute atomic E-state index is 0.00165. The van der Waals surface area contributed by atoms with Gasteiger partial charge in [0.05, 0.1) is 53.0 Å². The summed E-state index contributed by atoms with van der Waals surface area (Å²) >= 11 is 0. The molecule has 4 aromatic rings. The van der Waals surface area contributed by atoms with E-state index in [2.05, 4.69) is 32.9 Å². The Morgan fingerprint density at radius 3 is 2.09 bits per heavy atom. The molecule has 2 fully saturated rings. The summed E-state index contributed by atoms with van der Waals surface area (Å²) in [5, 5.41) is 13.2. The van der Waals surface area contributed by atoms with Crippen molar-refractivity contribution in [3.63, 3.8) is 0 Å². The van der Waals surface area contributed by atoms with Crippen LogP contribution in [0, 0.1) is 23.2 Å². The number of nitriles is 1. The lowest BCUT2D eigenvalue weighted by molar-refractivity contribution is -0.180. The van der Waals surface area contributed by atoms with E-state index in [0.29, 0.717) is 11.5 Å². The Labute approximate surface area is 386 Å². The maximum absolute atomic E-state index is 13.9. The number of amides is 2. The quantitative estimate of drug-likeness (QED) is 0.0466. The van der Waals surface area contributed by atoms with Gasteiger partial charge in [0, 0.05) is 23.7 Å². The minimum Gasteiger partial charge on any atom is -0.497 e. The van der Waals surface area contributed by atoms with Crippen LogP contribution in [0.2, 0.25) is 0 Å². The molecule has 3 aromatic carbocycles. The number of carbonyl (C=O) groups excluding carboxylic acids is 2. The van der Waals surface area contributed by atoms with Crippen molar-refractivity contribution in [2.24, 2.45) is 0 Å². The number of hydrogen-bond donors (Lipinski definition) is 3. The van der Waals surface area contributed by atoms with Gasteiger partial charge < -0.3 is 38.6 Å². The number of rotatable bonds is 19. The first-order chi connectivity index (χ1) is 32.0. The molecule has 1 aromatic heterocycles. The van der Waals surface area contributed by atoms with Crippen molar-refractivity contribution in [1.29, 1.82) is 5.26 Å². The van der Waals surface area contributed by atoms with Gasteiger partial charge in [-0.25, -0.2) is 9.46 Å². The van der Waals surface area contributed by atoms with Crippen molar-refractivity contribution >= 4 is 20.3 Å². The van der Waals surface area contributed by atoms with Crippen molar-refractivity contribution in [3.05, 3.63) is 128 Å². The van der Waals surface area contributed by atoms with Crippen LogP contribution in [0.15, 0.2) is 94.6 Å². The zero-order valence-electron chi connectivity index (χ0n) is 37.7. The third-order valence-electron chi connectivity index (χ3n) is 11.3. The van der Waals surface area contributed by atoms with E-state index in [1.165, 1.54) is 11.5 Å². The summed E-state index contributed by atoms with van der Waals surface area (Å²) in [6.45, 7) is 6.73. The fraction of sp³-hybridized carbons (Fsp3) is 0.426. The lowest BCUT2D eigenvalue weighted by Gasteiger charge is -2.44. The molecule has 0 saturated carbocycles. The number of H-pyrrole nitrogens is 1. The number of hydrogen-bond acceptors (Lipinski definition) is 12. The van der Waals surface area contributed by atoms with Crippen molar-refractivity contribution < 1.29 is 50.8 Å². The summed E-state index contributed by atoms with van der Waals surface area (Å²) in [5.41, 5.74) is -1.68. The molecule has 16 nitrogen and oxygen atoms in total. The maximum atomic E-state index is 13.9. The standard InChI is InChI=1S/C47H52F3N6O10P/c1-30(2)56(31(3)4)67(64-25-11-23-51)66-40-39-42(55-27-32(41(58)54-44(55)60)12-10-24-52-38(57)26-53-43(59)47(48,49)50)65-45(40,29-63-39)28-46(33-13-8-7-9-14-33,34-15-19-36(61-5)20-16-34)35-17-21-37(62-6)22-18-35/h7-9,13-22,27,30-31,39-40,42H,11,24-26,28-29H2,1-6H3,(H,52,57)(H,53,59)(H,54,58,60)/t39-,40?,42+,45-,67?/m0/s1. The van der Waals surface area contributed by atoms with E-state index in [4.69, 9.17) is 28.0 Å². The highest BCUT2D eigenvalue weighted by Crippen LogP contribution is 2.59. The number of halogens is 3. The van der Waals surface area contributed by atoms with E-state index in [1.807, 2.05) is 107 Å². The molecule has 2 bridgehead atoms. The molecule has 0 radical (unpaired) electrons. The number of aromatic nitrogens is 2. The summed E-state index contributed by atoms with van der Waals surface area (Å²) in [6, 6.07) is 27.3. The highest BCUT2D eigenvalue weighted by Gasteiger charge is 2.66. The molecule has 20 heteroatoms. The van der Waals surface area contributed by atoms with Gasteiger partial charge in [-0.3, -0.25) is 23.9 Å². The van der Waals surface area contributed by atoms with E-state index in [9.17, 15) is 37.6 Å². The number of alkyl halides is 3. The third-order valence-corrected chi connectivity index (χ3v) is 13.5. The number of carbonyl (C=O) groups is 2. The lowest BCUT2D eigenvalue weighted by Crippen LogP contribution is -2.49. The predicted octanol–water partition coefficient (Wildman–Crippen LogP) is 5.45. The SMILES string of the molecule is COc1ccc(C(C[C@]23CO[C@@H](C2OP(OCCC#N)N(C(C)C)C(C)C)[C@H](n2cc(C#CCNC(=O)CNC(=O)C(F)(F)F)c(=O)[nH]c2=O)O3)(c2ccccc2)c2ccc(OC)cc2)cc1. The molecular formula is C47H52F3N6O10P. The fourth-order valence-electron chi connectivity index (χ4n) is 8.40. The molecule has 2 unspecified atom stereocenters. The first-order valence-corrected chi connectivity index (χ1v) is 22.5. The normalized spacial score (nSPS) is 19.4. The fourth-order valence-corrected chi connectivity index (χ4v) is 10.2. The van der Waals surface area contributed by atoms with Crippen molar-refractivity contribution in [3.8, 4) is 29.4 Å². The lowest BCUT2D eigenvalue weighted by atomic mass is 9.63. The number of benzene rings is 3. The minimum atomic E-state index is -5.17. The summed E-state index contributed by atoms with van der Waals surface area (Å²) in [6.07, 6.45) is -6.84. The van der Waals surface area contributed by atoms with Crippen LogP contribution in [0.3, 0.4) is 0 Å². The smallest absolute Gasteiger partial charge is 0.471 e. The van der Waals surface area contributed by atoms with Gasteiger partial charge in [-0.15, -0.1) is 0 Å². The van der Waals surface area contributed by atoms with Crippen LogP contribution < -0.4 is 31.4 Å². The second-order valence-corrected chi connectivity index (χ2v) is 17.7. The number of methoxy groups -OCH3 is 2. The topological polar surface area (TPSA) is 195 Å². The molecule has 0 aliphatic carbocycles. The van der Waals surface area contributed by atoms with Crippen molar-refractivity contribution in [2.45, 2.75) is 88.2 Å². The zero-order valence-corrected chi connectivity index (χ0v) is 38.6. The first-order valence-electron chi connectivity index (χ1n) is 21.3. The molecule has 3 N–H and O–H groups in total. The van der Waals surface area contributed by atoms with Crippen molar-refractivity contribution in [1.82, 2.24) is 24.9 Å². The van der Waals surface area contributed by atoms with Gasteiger partial charge in [0.1, 0.15) is 34.9 Å². The van der Waals surface area contributed by atoms with Gasteiger partial charge in [0.15, 0.2) is 6.23 Å². The monoisotopic (exact) mass is 948 g/mol. The summed E-state index contributed by atoms with van der Waals surface area (Å²) in [4.78, 5) is 52.5. The third kappa shape index (κ3) is 11.2. The van der Waals surface area contributed by atoms with Crippen LogP contribution in [0.25, 0.3) is 0 Å². The van der Waals surface area contributed by atoms with Crippen LogP contribution >= 0.6 is 8.53 Å². The van der Waals surface area contributed by atoms with Gasteiger partial charge in [0.2, 0.25) is 5.91 Å². The van der Waals surface area contributed by atoms with Gasteiger partial charge in [-0.2, -0.15) is 18.4 Å². The zero-order chi connectivity index (χ0) is 48.5. The Hall–Kier alpha value is -6.05. The van der Waals surface area contributed by atoms with Gasteiger partial charge in [0.25, 0.3) is 14.1 Å². The Kier molecular flexibility index (Phi) is 16.3. The first kappa shape index (κ1) is 50.4. The van der Waals surface area contributed by atoms with Crippen LogP contribution in [-0.2, 0) is 33.5 Å². The number of aromatic amines is 1. The van der Waals surface area contributed by atoms with Crippen LogP contribution in [0.4, 0.5) is 13.2 Å². The molecule has 356 valence electrons. The Balaban J connectivity index is 1.47. The number of ether oxygens (including phenoxy) is 4. The van der Waals surface area contributed by atoms with Crippen LogP contribution in [-0.4, -0.2) is 103 Å². The summed E-state index contributed by atoms with van der Waals surface area (Å²) < 4.78 is 79.5.